The van der Waals surface area contributed by atoms with Gasteiger partial charge in [0.25, 0.3) is 0 Å². The van der Waals surface area contributed by atoms with Gasteiger partial charge in [-0.1, -0.05) is 18.2 Å². The highest BCUT2D eigenvalue weighted by molar-refractivity contribution is 5.50. The lowest BCUT2D eigenvalue weighted by Gasteiger charge is -2.08. The highest BCUT2D eigenvalue weighted by Gasteiger charge is 1.96. The van der Waals surface area contributed by atoms with Crippen LogP contribution in [0.2, 0.25) is 0 Å². The normalized spacial score (nSPS) is 9.93. The fraction of sp³-hybridized carbons (Fsp3) is 0.167. The summed E-state index contributed by atoms with van der Waals surface area (Å²) in [7, 11) is 0. The maximum Gasteiger partial charge on any atom is 0.115 e. The van der Waals surface area contributed by atoms with Crippen molar-refractivity contribution in [2.45, 2.75) is 13.5 Å². The van der Waals surface area contributed by atoms with Crippen molar-refractivity contribution >= 4 is 5.69 Å². The molecule has 0 aliphatic rings. The number of anilines is 1. The van der Waals surface area contributed by atoms with E-state index in [1.54, 1.807) is 12.5 Å². The third kappa shape index (κ3) is 2.53. The number of para-hydroxylation sites is 1. The van der Waals surface area contributed by atoms with Crippen molar-refractivity contribution in [1.82, 2.24) is 9.97 Å². The van der Waals surface area contributed by atoms with E-state index in [0.717, 1.165) is 17.9 Å². The summed E-state index contributed by atoms with van der Waals surface area (Å²) in [6.07, 6.45) is 3.32. The van der Waals surface area contributed by atoms with E-state index in [9.17, 15) is 0 Å². The first kappa shape index (κ1) is 9.65. The number of hydrogen-bond donors (Lipinski definition) is 1. The van der Waals surface area contributed by atoms with Gasteiger partial charge in [-0.15, -0.1) is 0 Å². The van der Waals surface area contributed by atoms with Gasteiger partial charge in [0.15, 0.2) is 0 Å². The van der Waals surface area contributed by atoms with Gasteiger partial charge in [-0.3, -0.25) is 0 Å². The first-order chi connectivity index (χ1) is 7.36. The fourth-order valence-electron chi connectivity index (χ4n) is 1.38. The third-order valence-electron chi connectivity index (χ3n) is 2.25. The standard InChI is InChI=1S/C12H13N3/c1-10-4-2-3-5-12(10)14-8-11-6-7-13-9-15-11/h2-7,9,14H,8H2,1H3. The molecule has 1 aromatic heterocycles. The van der Waals surface area contributed by atoms with Crippen LogP contribution in [0.15, 0.2) is 42.9 Å². The van der Waals surface area contributed by atoms with Crippen molar-refractivity contribution in [2.75, 3.05) is 5.32 Å². The fourth-order valence-corrected chi connectivity index (χ4v) is 1.38. The smallest absolute Gasteiger partial charge is 0.115 e. The second kappa shape index (κ2) is 4.55. The highest BCUT2D eigenvalue weighted by atomic mass is 14.9. The van der Waals surface area contributed by atoms with Crippen LogP contribution in [0.3, 0.4) is 0 Å². The van der Waals surface area contributed by atoms with Gasteiger partial charge >= 0.3 is 0 Å². The van der Waals surface area contributed by atoms with Gasteiger partial charge in [0.2, 0.25) is 0 Å². The van der Waals surface area contributed by atoms with Crippen molar-refractivity contribution in [3.63, 3.8) is 0 Å². The van der Waals surface area contributed by atoms with Gasteiger partial charge in [0.1, 0.15) is 6.33 Å². The van der Waals surface area contributed by atoms with Crippen LogP contribution >= 0.6 is 0 Å². The summed E-state index contributed by atoms with van der Waals surface area (Å²) in [6, 6.07) is 10.1. The Hall–Kier alpha value is -1.90. The number of nitrogens with zero attached hydrogens (tertiary/aromatic N) is 2. The van der Waals surface area contributed by atoms with E-state index < -0.39 is 0 Å². The van der Waals surface area contributed by atoms with Crippen LogP contribution < -0.4 is 5.32 Å². The van der Waals surface area contributed by atoms with Crippen LogP contribution in [-0.4, -0.2) is 9.97 Å². The molecule has 0 atom stereocenters. The Morgan fingerprint density at radius 2 is 2.07 bits per heavy atom. The number of aromatic nitrogens is 2. The van der Waals surface area contributed by atoms with Crippen molar-refractivity contribution in [1.29, 1.82) is 0 Å². The van der Waals surface area contributed by atoms with Crippen molar-refractivity contribution in [3.05, 3.63) is 54.1 Å². The number of hydrogen-bond acceptors (Lipinski definition) is 3. The highest BCUT2D eigenvalue weighted by Crippen LogP contribution is 2.13. The summed E-state index contributed by atoms with van der Waals surface area (Å²) >= 11 is 0. The predicted octanol–water partition coefficient (Wildman–Crippen LogP) is 2.40. The average Bonchev–Trinajstić information content (AvgIpc) is 2.29. The minimum Gasteiger partial charge on any atom is -0.379 e. The second-order valence-corrected chi connectivity index (χ2v) is 3.37. The average molecular weight is 199 g/mol. The third-order valence-corrected chi connectivity index (χ3v) is 2.25. The molecule has 1 heterocycles. The number of aryl methyl sites for hydroxylation is 1. The summed E-state index contributed by atoms with van der Waals surface area (Å²) in [5.41, 5.74) is 3.39. The summed E-state index contributed by atoms with van der Waals surface area (Å²) in [4.78, 5) is 8.03. The van der Waals surface area contributed by atoms with E-state index in [2.05, 4.69) is 34.3 Å². The first-order valence-corrected chi connectivity index (χ1v) is 4.90. The van der Waals surface area contributed by atoms with Crippen LogP contribution in [0.4, 0.5) is 5.69 Å². The molecule has 0 fully saturated rings. The minimum atomic E-state index is 0.730. The first-order valence-electron chi connectivity index (χ1n) is 4.90. The van der Waals surface area contributed by atoms with Gasteiger partial charge in [-0.05, 0) is 24.6 Å². The molecule has 0 bridgehead atoms. The zero-order valence-corrected chi connectivity index (χ0v) is 8.64. The molecule has 2 aromatic rings. The van der Waals surface area contributed by atoms with Crippen LogP contribution in [0.25, 0.3) is 0 Å². The summed E-state index contributed by atoms with van der Waals surface area (Å²) < 4.78 is 0. The maximum absolute atomic E-state index is 4.15. The molecule has 1 aromatic carbocycles. The molecular formula is C12H13N3. The molecule has 2 rings (SSSR count). The van der Waals surface area contributed by atoms with E-state index >= 15 is 0 Å². The number of nitrogens with one attached hydrogen (secondary N) is 1. The summed E-state index contributed by atoms with van der Waals surface area (Å²) in [5.74, 6) is 0. The van der Waals surface area contributed by atoms with Gasteiger partial charge in [-0.25, -0.2) is 9.97 Å². The van der Waals surface area contributed by atoms with Crippen molar-refractivity contribution in [3.8, 4) is 0 Å². The van der Waals surface area contributed by atoms with Crippen molar-refractivity contribution in [2.24, 2.45) is 0 Å². The Labute approximate surface area is 89.2 Å². The largest absolute Gasteiger partial charge is 0.379 e. The lowest BCUT2D eigenvalue weighted by Crippen LogP contribution is -2.02. The molecule has 0 unspecified atom stereocenters. The molecule has 0 aliphatic carbocycles. The quantitative estimate of drug-likeness (QED) is 0.824. The molecule has 3 nitrogen and oxygen atoms in total. The molecule has 0 radical (unpaired) electrons. The summed E-state index contributed by atoms with van der Waals surface area (Å²) in [5, 5.41) is 3.34. The second-order valence-electron chi connectivity index (χ2n) is 3.37. The molecule has 0 saturated heterocycles. The molecule has 76 valence electrons. The van der Waals surface area contributed by atoms with E-state index in [1.807, 2.05) is 18.2 Å². The SMILES string of the molecule is Cc1ccccc1NCc1ccncn1. The Morgan fingerprint density at radius 3 is 2.80 bits per heavy atom. The van der Waals surface area contributed by atoms with E-state index in [-0.39, 0.29) is 0 Å². The van der Waals surface area contributed by atoms with Gasteiger partial charge in [0.05, 0.1) is 12.2 Å². The number of benzene rings is 1. The van der Waals surface area contributed by atoms with Crippen LogP contribution in [0.1, 0.15) is 11.3 Å². The topological polar surface area (TPSA) is 37.8 Å². The Balaban J connectivity index is 2.03. The summed E-state index contributed by atoms with van der Waals surface area (Å²) in [6.45, 7) is 2.82. The van der Waals surface area contributed by atoms with Gasteiger partial charge in [0, 0.05) is 11.9 Å². The van der Waals surface area contributed by atoms with Gasteiger partial charge in [-0.2, -0.15) is 0 Å². The zero-order valence-electron chi connectivity index (χ0n) is 8.64. The minimum absolute atomic E-state index is 0.730. The molecule has 3 heteroatoms. The van der Waals surface area contributed by atoms with E-state index in [4.69, 9.17) is 0 Å². The zero-order chi connectivity index (χ0) is 10.5. The molecular weight excluding hydrogens is 186 g/mol. The van der Waals surface area contributed by atoms with E-state index in [0.29, 0.717) is 0 Å². The molecule has 0 saturated carbocycles. The molecule has 0 amide bonds. The Morgan fingerprint density at radius 1 is 1.20 bits per heavy atom. The lowest BCUT2D eigenvalue weighted by atomic mass is 10.2. The van der Waals surface area contributed by atoms with Crippen molar-refractivity contribution < 1.29 is 0 Å². The molecule has 0 spiro atoms. The van der Waals surface area contributed by atoms with Crippen LogP contribution in [0, 0.1) is 6.92 Å². The predicted molar refractivity (Wildman–Crippen MR) is 60.5 cm³/mol. The van der Waals surface area contributed by atoms with Crippen LogP contribution in [-0.2, 0) is 6.54 Å². The van der Waals surface area contributed by atoms with Crippen LogP contribution in [0.5, 0.6) is 0 Å². The van der Waals surface area contributed by atoms with Gasteiger partial charge < -0.3 is 5.32 Å². The lowest BCUT2D eigenvalue weighted by molar-refractivity contribution is 1.00. The monoisotopic (exact) mass is 199 g/mol. The molecule has 1 N–H and O–H groups in total. The maximum atomic E-state index is 4.15. The number of rotatable bonds is 3. The Bertz CT molecular complexity index is 426. The van der Waals surface area contributed by atoms with E-state index in [1.165, 1.54) is 5.56 Å². The Kier molecular flexibility index (Phi) is 2.93. The molecule has 0 aliphatic heterocycles. The molecule has 15 heavy (non-hydrogen) atoms.